The molecule has 1 atom stereocenters. The van der Waals surface area contributed by atoms with Gasteiger partial charge in [0, 0.05) is 24.5 Å². The van der Waals surface area contributed by atoms with E-state index in [4.69, 9.17) is 9.47 Å². The number of nitrogens with one attached hydrogen (secondary N) is 1. The van der Waals surface area contributed by atoms with E-state index in [1.54, 1.807) is 7.11 Å². The minimum Gasteiger partial charge on any atom is -0.497 e. The van der Waals surface area contributed by atoms with Crippen LogP contribution >= 0.6 is 11.8 Å². The number of carbonyl (C=O) groups excluding carboxylic acids is 1. The number of amides is 1. The molecule has 2 aromatic carbocycles. The van der Waals surface area contributed by atoms with Gasteiger partial charge >= 0.3 is 0 Å². The normalized spacial score (nSPS) is 15.9. The van der Waals surface area contributed by atoms with Crippen molar-refractivity contribution in [3.8, 4) is 5.75 Å². The maximum Gasteiger partial charge on any atom is 0.230 e. The third-order valence-electron chi connectivity index (χ3n) is 4.51. The molecule has 5 nitrogen and oxygen atoms in total. The summed E-state index contributed by atoms with van der Waals surface area (Å²) in [5.41, 5.74) is 1.13. The van der Waals surface area contributed by atoms with Gasteiger partial charge in [-0.2, -0.15) is 0 Å². The fourth-order valence-corrected chi connectivity index (χ4v) is 3.73. The number of nitrogens with zero attached hydrogens (tertiary/aromatic N) is 1. The zero-order valence-corrected chi connectivity index (χ0v) is 16.4. The molecule has 1 amide bonds. The van der Waals surface area contributed by atoms with Crippen LogP contribution in [0.25, 0.3) is 0 Å². The maximum absolute atomic E-state index is 12.6. The Bertz CT molecular complexity index is 703. The number of hydrogen-bond donors (Lipinski definition) is 1. The molecule has 2 aromatic rings. The summed E-state index contributed by atoms with van der Waals surface area (Å²) in [7, 11) is 1.65. The lowest BCUT2D eigenvalue weighted by Crippen LogP contribution is -2.43. The van der Waals surface area contributed by atoms with Gasteiger partial charge in [-0.15, -0.1) is 11.8 Å². The van der Waals surface area contributed by atoms with E-state index in [1.165, 1.54) is 11.8 Å². The van der Waals surface area contributed by atoms with E-state index in [9.17, 15) is 4.79 Å². The summed E-state index contributed by atoms with van der Waals surface area (Å²) < 4.78 is 10.6. The lowest BCUT2D eigenvalue weighted by molar-refractivity contribution is -0.119. The van der Waals surface area contributed by atoms with E-state index in [1.807, 2.05) is 42.5 Å². The van der Waals surface area contributed by atoms with E-state index in [-0.39, 0.29) is 11.9 Å². The molecule has 1 aliphatic heterocycles. The lowest BCUT2D eigenvalue weighted by atomic mass is 10.1. The van der Waals surface area contributed by atoms with Crippen LogP contribution in [0.2, 0.25) is 0 Å². The van der Waals surface area contributed by atoms with Gasteiger partial charge in [-0.05, 0) is 29.8 Å². The molecule has 1 saturated heterocycles. The Hall–Kier alpha value is -2.02. The number of thioether (sulfide) groups is 1. The zero-order chi connectivity index (χ0) is 18.9. The van der Waals surface area contributed by atoms with Crippen molar-refractivity contribution in [3.63, 3.8) is 0 Å². The fraction of sp³-hybridized carbons (Fsp3) is 0.381. The van der Waals surface area contributed by atoms with Gasteiger partial charge in [0.25, 0.3) is 0 Å². The van der Waals surface area contributed by atoms with Gasteiger partial charge in [0.05, 0.1) is 32.1 Å². The predicted molar refractivity (Wildman–Crippen MR) is 108 cm³/mol. The summed E-state index contributed by atoms with van der Waals surface area (Å²) in [6.45, 7) is 4.11. The average Bonchev–Trinajstić information content (AvgIpc) is 2.73. The molecule has 1 fully saturated rings. The zero-order valence-electron chi connectivity index (χ0n) is 15.6. The molecule has 0 saturated carbocycles. The van der Waals surface area contributed by atoms with Gasteiger partial charge in [-0.3, -0.25) is 9.69 Å². The van der Waals surface area contributed by atoms with Crippen molar-refractivity contribution in [1.29, 1.82) is 0 Å². The van der Waals surface area contributed by atoms with Crippen LogP contribution in [0, 0.1) is 0 Å². The smallest absolute Gasteiger partial charge is 0.230 e. The highest BCUT2D eigenvalue weighted by Gasteiger charge is 2.20. The minimum absolute atomic E-state index is 0.0201. The van der Waals surface area contributed by atoms with Crippen LogP contribution in [-0.2, 0) is 9.53 Å². The Morgan fingerprint density at radius 2 is 1.85 bits per heavy atom. The minimum atomic E-state index is -0.0201. The molecule has 0 aliphatic carbocycles. The van der Waals surface area contributed by atoms with Gasteiger partial charge in [0.1, 0.15) is 5.75 Å². The van der Waals surface area contributed by atoms with Crippen molar-refractivity contribution >= 4 is 17.7 Å². The second kappa shape index (κ2) is 10.3. The summed E-state index contributed by atoms with van der Waals surface area (Å²) >= 11 is 1.53. The fourth-order valence-electron chi connectivity index (χ4n) is 3.02. The summed E-state index contributed by atoms with van der Waals surface area (Å²) in [4.78, 5) is 16.0. The van der Waals surface area contributed by atoms with Crippen LogP contribution in [0.1, 0.15) is 11.6 Å². The molecule has 144 valence electrons. The van der Waals surface area contributed by atoms with Crippen molar-refractivity contribution in [2.75, 3.05) is 45.7 Å². The Labute approximate surface area is 165 Å². The highest BCUT2D eigenvalue weighted by atomic mass is 32.2. The first-order valence-electron chi connectivity index (χ1n) is 9.16. The number of carbonyl (C=O) groups is 1. The molecule has 1 heterocycles. The van der Waals surface area contributed by atoms with Crippen LogP contribution in [0.15, 0.2) is 59.5 Å². The van der Waals surface area contributed by atoms with E-state index in [0.717, 1.165) is 49.1 Å². The number of methoxy groups -OCH3 is 1. The van der Waals surface area contributed by atoms with Crippen molar-refractivity contribution in [2.24, 2.45) is 0 Å². The molecule has 0 bridgehead atoms. The molecule has 1 N–H and O–H groups in total. The van der Waals surface area contributed by atoms with Gasteiger partial charge < -0.3 is 14.8 Å². The van der Waals surface area contributed by atoms with Crippen LogP contribution in [-0.4, -0.2) is 56.5 Å². The third-order valence-corrected chi connectivity index (χ3v) is 5.52. The molecule has 1 unspecified atom stereocenters. The Morgan fingerprint density at radius 1 is 1.15 bits per heavy atom. The largest absolute Gasteiger partial charge is 0.497 e. The summed E-state index contributed by atoms with van der Waals surface area (Å²) in [6, 6.07) is 17.9. The van der Waals surface area contributed by atoms with Crippen LogP contribution in [0.5, 0.6) is 5.75 Å². The van der Waals surface area contributed by atoms with Crippen molar-refractivity contribution < 1.29 is 14.3 Å². The van der Waals surface area contributed by atoms with Gasteiger partial charge in [-0.25, -0.2) is 0 Å². The maximum atomic E-state index is 12.6. The van der Waals surface area contributed by atoms with Gasteiger partial charge in [-0.1, -0.05) is 30.3 Å². The SMILES string of the molecule is COc1ccc(SCC(=O)NC(CN2CCOCC2)c2ccccc2)cc1. The summed E-state index contributed by atoms with van der Waals surface area (Å²) in [5, 5.41) is 3.21. The highest BCUT2D eigenvalue weighted by Crippen LogP contribution is 2.22. The van der Waals surface area contributed by atoms with E-state index >= 15 is 0 Å². The molecular formula is C21H26N2O3S. The summed E-state index contributed by atoms with van der Waals surface area (Å²) in [5.74, 6) is 1.25. The number of hydrogen-bond acceptors (Lipinski definition) is 5. The summed E-state index contributed by atoms with van der Waals surface area (Å²) in [6.07, 6.45) is 0. The molecular weight excluding hydrogens is 360 g/mol. The molecule has 0 aromatic heterocycles. The van der Waals surface area contributed by atoms with Crippen LogP contribution in [0.4, 0.5) is 0 Å². The van der Waals surface area contributed by atoms with Gasteiger partial charge in [0.15, 0.2) is 0 Å². The Balaban J connectivity index is 1.57. The third kappa shape index (κ3) is 6.27. The quantitative estimate of drug-likeness (QED) is 0.707. The number of ether oxygens (including phenoxy) is 2. The molecule has 6 heteroatoms. The topological polar surface area (TPSA) is 50.8 Å². The second-order valence-electron chi connectivity index (χ2n) is 6.41. The molecule has 3 rings (SSSR count). The van der Waals surface area contributed by atoms with Crippen LogP contribution < -0.4 is 10.1 Å². The first-order valence-corrected chi connectivity index (χ1v) is 10.1. The highest BCUT2D eigenvalue weighted by molar-refractivity contribution is 8.00. The average molecular weight is 387 g/mol. The first kappa shape index (κ1) is 19.7. The van der Waals surface area contributed by atoms with E-state index in [0.29, 0.717) is 5.75 Å². The van der Waals surface area contributed by atoms with Crippen LogP contribution in [0.3, 0.4) is 0 Å². The number of rotatable bonds is 8. The monoisotopic (exact) mass is 386 g/mol. The van der Waals surface area contributed by atoms with Gasteiger partial charge in [0.2, 0.25) is 5.91 Å². The van der Waals surface area contributed by atoms with E-state index in [2.05, 4.69) is 22.3 Å². The molecule has 27 heavy (non-hydrogen) atoms. The Kier molecular flexibility index (Phi) is 7.56. The number of benzene rings is 2. The lowest BCUT2D eigenvalue weighted by Gasteiger charge is -2.31. The standard InChI is InChI=1S/C21H26N2O3S/c1-25-18-7-9-19(10-8-18)27-16-21(24)22-20(17-5-3-2-4-6-17)15-23-11-13-26-14-12-23/h2-10,20H,11-16H2,1H3,(H,22,24). The van der Waals surface area contributed by atoms with Crippen molar-refractivity contribution in [2.45, 2.75) is 10.9 Å². The molecule has 0 spiro atoms. The number of morpholine rings is 1. The molecule has 0 radical (unpaired) electrons. The van der Waals surface area contributed by atoms with Crippen molar-refractivity contribution in [1.82, 2.24) is 10.2 Å². The van der Waals surface area contributed by atoms with E-state index < -0.39 is 0 Å². The first-order chi connectivity index (χ1) is 13.2. The Morgan fingerprint density at radius 3 is 2.52 bits per heavy atom. The predicted octanol–water partition coefficient (Wildman–Crippen LogP) is 2.98. The molecule has 1 aliphatic rings. The second-order valence-corrected chi connectivity index (χ2v) is 7.46. The van der Waals surface area contributed by atoms with Crippen molar-refractivity contribution in [3.05, 3.63) is 60.2 Å².